The number of hydrogen-bond donors (Lipinski definition) is 2. The second-order valence-electron chi connectivity index (χ2n) is 8.15. The number of oxime groups is 1. The third-order valence-corrected chi connectivity index (χ3v) is 5.02. The zero-order chi connectivity index (χ0) is 23.2. The van der Waals surface area contributed by atoms with Gasteiger partial charge in [0.2, 0.25) is 0 Å². The minimum atomic E-state index is -1.20. The van der Waals surface area contributed by atoms with E-state index in [0.29, 0.717) is 11.5 Å². The lowest BCUT2D eigenvalue weighted by Gasteiger charge is -2.30. The Hall–Kier alpha value is -3.22. The fourth-order valence-corrected chi connectivity index (χ4v) is 3.36. The van der Waals surface area contributed by atoms with Crippen molar-refractivity contribution in [1.29, 1.82) is 0 Å². The number of phenols is 1. The third-order valence-electron chi connectivity index (χ3n) is 5.02. The molecule has 0 aromatic heterocycles. The van der Waals surface area contributed by atoms with Gasteiger partial charge in [0.15, 0.2) is 0 Å². The highest BCUT2D eigenvalue weighted by Crippen LogP contribution is 2.33. The molecule has 0 aliphatic heterocycles. The average Bonchev–Trinajstić information content (AvgIpc) is 2.71. The van der Waals surface area contributed by atoms with Crippen molar-refractivity contribution in [2.75, 3.05) is 31.7 Å². The largest absolute Gasteiger partial charge is 0.507 e. The summed E-state index contributed by atoms with van der Waals surface area (Å²) < 4.78 is 5.76. The van der Waals surface area contributed by atoms with Crippen molar-refractivity contribution >= 4 is 17.4 Å². The third kappa shape index (κ3) is 5.90. The Morgan fingerprint density at radius 3 is 2.29 bits per heavy atom. The predicted octanol–water partition coefficient (Wildman–Crippen LogP) is 4.66. The summed E-state index contributed by atoms with van der Waals surface area (Å²) >= 11 is 0. The van der Waals surface area contributed by atoms with Gasteiger partial charge in [0, 0.05) is 30.4 Å². The van der Waals surface area contributed by atoms with Gasteiger partial charge in [-0.05, 0) is 49.1 Å². The lowest BCUT2D eigenvalue weighted by molar-refractivity contribution is 0.0693. The first-order chi connectivity index (χ1) is 14.6. The molecule has 2 rings (SSSR count). The summed E-state index contributed by atoms with van der Waals surface area (Å²) in [5.74, 6) is -1.22. The first-order valence-corrected chi connectivity index (χ1v) is 10.3. The molecule has 0 saturated heterocycles. The van der Waals surface area contributed by atoms with Crippen molar-refractivity contribution in [1.82, 2.24) is 0 Å². The Kier molecular flexibility index (Phi) is 7.91. The quantitative estimate of drug-likeness (QED) is 0.446. The highest BCUT2D eigenvalue weighted by molar-refractivity contribution is 6.02. The van der Waals surface area contributed by atoms with Gasteiger partial charge in [0.1, 0.15) is 36.5 Å². The molecule has 31 heavy (non-hydrogen) atoms. The Morgan fingerprint density at radius 1 is 1.10 bits per heavy atom. The number of benzene rings is 2. The molecule has 0 fully saturated rings. The maximum atomic E-state index is 11.1. The highest BCUT2D eigenvalue weighted by atomic mass is 16.6. The molecule has 0 heterocycles. The van der Waals surface area contributed by atoms with Crippen molar-refractivity contribution in [2.24, 2.45) is 5.16 Å². The van der Waals surface area contributed by atoms with Crippen LogP contribution in [-0.4, -0.2) is 48.7 Å². The number of nitrogens with zero attached hydrogens (tertiary/aromatic N) is 2. The van der Waals surface area contributed by atoms with Crippen LogP contribution in [0.3, 0.4) is 0 Å². The minimum absolute atomic E-state index is 0.0780. The van der Waals surface area contributed by atoms with Crippen molar-refractivity contribution in [3.63, 3.8) is 0 Å². The van der Waals surface area contributed by atoms with E-state index in [1.54, 1.807) is 0 Å². The average molecular weight is 429 g/mol. The molecule has 168 valence electrons. The zero-order valence-electron chi connectivity index (χ0n) is 19.1. The lowest BCUT2D eigenvalue weighted by atomic mass is 9.84. The van der Waals surface area contributed by atoms with E-state index in [4.69, 9.17) is 14.7 Å². The minimum Gasteiger partial charge on any atom is -0.507 e. The number of rotatable bonds is 9. The molecule has 0 bridgehead atoms. The highest BCUT2D eigenvalue weighted by Gasteiger charge is 2.22. The number of ether oxygens (including phenoxy) is 1. The summed E-state index contributed by atoms with van der Waals surface area (Å²) in [6.07, 6.45) is 0. The molecule has 0 radical (unpaired) electrons. The molecule has 2 aromatic rings. The maximum Gasteiger partial charge on any atom is 0.339 e. The number of anilines is 1. The molecular weight excluding hydrogens is 396 g/mol. The number of carboxylic acids is 1. The molecule has 0 saturated carbocycles. The Balaban J connectivity index is 2.36. The van der Waals surface area contributed by atoms with Gasteiger partial charge >= 0.3 is 5.97 Å². The first kappa shape index (κ1) is 24.1. The molecule has 7 heteroatoms. The molecule has 2 N–H and O–H groups in total. The van der Waals surface area contributed by atoms with Crippen LogP contribution in [0.4, 0.5) is 5.69 Å². The van der Waals surface area contributed by atoms with Crippen LogP contribution in [0.15, 0.2) is 41.6 Å². The number of aromatic hydroxyl groups is 1. The summed E-state index contributed by atoms with van der Waals surface area (Å²) in [4.78, 5) is 18.4. The Labute approximate surface area is 183 Å². The van der Waals surface area contributed by atoms with Crippen LogP contribution in [0.1, 0.15) is 56.1 Å². The number of hydrogen-bond acceptors (Lipinski definition) is 6. The first-order valence-electron chi connectivity index (χ1n) is 10.3. The second-order valence-corrected chi connectivity index (χ2v) is 8.15. The van der Waals surface area contributed by atoms with Crippen LogP contribution in [0.2, 0.25) is 0 Å². The van der Waals surface area contributed by atoms with Gasteiger partial charge in [-0.15, -0.1) is 0 Å². The van der Waals surface area contributed by atoms with Gasteiger partial charge in [0.05, 0.1) is 0 Å². The van der Waals surface area contributed by atoms with E-state index in [1.807, 2.05) is 6.07 Å². The van der Waals surface area contributed by atoms with Gasteiger partial charge in [-0.2, -0.15) is 0 Å². The number of aromatic carboxylic acids is 1. The molecule has 0 amide bonds. The number of carboxylic acid groups (broad SMARTS) is 1. The fourth-order valence-electron chi connectivity index (χ4n) is 3.36. The van der Waals surface area contributed by atoms with Gasteiger partial charge in [-0.25, -0.2) is 4.79 Å². The zero-order valence-corrected chi connectivity index (χ0v) is 19.1. The van der Waals surface area contributed by atoms with Crippen LogP contribution in [0.5, 0.6) is 11.5 Å². The van der Waals surface area contributed by atoms with Crippen molar-refractivity contribution in [3.8, 4) is 11.5 Å². The SMILES string of the molecule is CCN(CC)c1ccc(C(COc2ccc(C(=O)O)c(O)c2)=NOC)cc1C(C)(C)C. The van der Waals surface area contributed by atoms with E-state index < -0.39 is 5.97 Å². The fraction of sp³-hybridized carbons (Fsp3) is 0.417. The van der Waals surface area contributed by atoms with E-state index in [0.717, 1.165) is 18.7 Å². The molecule has 7 nitrogen and oxygen atoms in total. The molecule has 0 spiro atoms. The summed E-state index contributed by atoms with van der Waals surface area (Å²) in [7, 11) is 1.47. The summed E-state index contributed by atoms with van der Waals surface area (Å²) in [6, 6.07) is 10.3. The molecule has 0 aliphatic carbocycles. The molecule has 0 unspecified atom stereocenters. The topological polar surface area (TPSA) is 91.6 Å². The Morgan fingerprint density at radius 2 is 1.77 bits per heavy atom. The van der Waals surface area contributed by atoms with Gasteiger partial charge in [-0.3, -0.25) is 0 Å². The number of carbonyl (C=O) groups is 1. The van der Waals surface area contributed by atoms with Crippen LogP contribution in [-0.2, 0) is 10.3 Å². The standard InChI is InChI=1S/C24H32N2O5/c1-7-26(8-2)21-12-9-16(13-19(21)24(3,4)5)20(25-30-6)15-31-17-10-11-18(23(28)29)22(27)14-17/h9-14,27H,7-8,15H2,1-6H3,(H,28,29). The van der Waals surface area contributed by atoms with Crippen LogP contribution >= 0.6 is 0 Å². The lowest BCUT2D eigenvalue weighted by Crippen LogP contribution is -2.27. The second kappa shape index (κ2) is 10.2. The maximum absolute atomic E-state index is 11.1. The smallest absolute Gasteiger partial charge is 0.339 e. The van der Waals surface area contributed by atoms with E-state index in [9.17, 15) is 9.90 Å². The van der Waals surface area contributed by atoms with E-state index in [2.05, 4.69) is 56.8 Å². The van der Waals surface area contributed by atoms with Crippen LogP contribution < -0.4 is 9.64 Å². The van der Waals surface area contributed by atoms with E-state index in [1.165, 1.54) is 36.6 Å². The van der Waals surface area contributed by atoms with E-state index in [-0.39, 0.29) is 23.3 Å². The molecule has 0 aliphatic rings. The van der Waals surface area contributed by atoms with Crippen molar-refractivity contribution < 1.29 is 24.6 Å². The molecular formula is C24H32N2O5. The van der Waals surface area contributed by atoms with Crippen molar-refractivity contribution in [3.05, 3.63) is 53.1 Å². The van der Waals surface area contributed by atoms with Crippen LogP contribution in [0, 0.1) is 0 Å². The Bertz CT molecular complexity index is 943. The van der Waals surface area contributed by atoms with E-state index >= 15 is 0 Å². The van der Waals surface area contributed by atoms with Crippen LogP contribution in [0.25, 0.3) is 0 Å². The molecule has 2 aromatic carbocycles. The van der Waals surface area contributed by atoms with Gasteiger partial charge < -0.3 is 24.7 Å². The van der Waals surface area contributed by atoms with Gasteiger partial charge in [-0.1, -0.05) is 32.0 Å². The monoisotopic (exact) mass is 428 g/mol. The predicted molar refractivity (Wildman–Crippen MR) is 123 cm³/mol. The summed E-state index contributed by atoms with van der Waals surface area (Å²) in [6.45, 7) is 12.7. The summed E-state index contributed by atoms with van der Waals surface area (Å²) in [5, 5.41) is 23.1. The summed E-state index contributed by atoms with van der Waals surface area (Å²) in [5.41, 5.74) is 3.58. The van der Waals surface area contributed by atoms with Crippen molar-refractivity contribution in [2.45, 2.75) is 40.0 Å². The van der Waals surface area contributed by atoms with Gasteiger partial charge in [0.25, 0.3) is 0 Å². The molecule has 0 atom stereocenters. The normalized spacial score (nSPS) is 11.9.